The molecule has 0 aromatic carbocycles. The van der Waals surface area contributed by atoms with Gasteiger partial charge in [-0.3, -0.25) is 0 Å². The van der Waals surface area contributed by atoms with Crippen molar-refractivity contribution in [3.05, 3.63) is 16.9 Å². The van der Waals surface area contributed by atoms with E-state index in [2.05, 4.69) is 21.3 Å². The van der Waals surface area contributed by atoms with E-state index in [0.29, 0.717) is 5.28 Å². The largest absolute Gasteiger partial charge is 1.00 e. The van der Waals surface area contributed by atoms with Crippen LogP contribution in [0.3, 0.4) is 0 Å². The molecule has 248 valence electrons. The second-order valence-corrected chi connectivity index (χ2v) is 13.8. The summed E-state index contributed by atoms with van der Waals surface area (Å²) >= 11 is 6.74. The van der Waals surface area contributed by atoms with E-state index in [1.165, 1.54) is 87.5 Å². The Morgan fingerprint density at radius 1 is 0.442 bits per heavy atom. The smallest absolute Gasteiger partial charge is 0.226 e. The number of piperazine rings is 6. The molecule has 0 radical (unpaired) electrons. The highest BCUT2D eigenvalue weighted by Gasteiger charge is 2.52. The van der Waals surface area contributed by atoms with Crippen molar-refractivity contribution in [2.75, 3.05) is 144 Å². The summed E-state index contributed by atoms with van der Waals surface area (Å²) in [5.74, 6) is 1.86. The Labute approximate surface area is 287 Å². The van der Waals surface area contributed by atoms with Gasteiger partial charge in [0.25, 0.3) is 0 Å². The fourth-order valence-electron chi connectivity index (χ4n) is 8.93. The summed E-state index contributed by atoms with van der Waals surface area (Å²) in [6.45, 7) is 26.0. The van der Waals surface area contributed by atoms with Crippen LogP contribution in [0.5, 0.6) is 0 Å². The van der Waals surface area contributed by atoms with Gasteiger partial charge in [0.1, 0.15) is 52.4 Å². The Balaban J connectivity index is 0.00000127. The van der Waals surface area contributed by atoms with E-state index in [0.717, 1.165) is 86.1 Å². The number of quaternary nitrogens is 4. The van der Waals surface area contributed by atoms with Crippen molar-refractivity contribution in [2.24, 2.45) is 0 Å². The van der Waals surface area contributed by atoms with Gasteiger partial charge < -0.3 is 88.8 Å². The number of nitrogens with one attached hydrogen (secondary N) is 4. The highest BCUT2D eigenvalue weighted by Crippen LogP contribution is 2.36. The Bertz CT molecular complexity index is 944. The summed E-state index contributed by atoms with van der Waals surface area (Å²) in [4.78, 5) is 15.0. The first-order valence-corrected chi connectivity index (χ1v) is 16.1. The molecule has 4 N–H and O–H groups in total. The summed E-state index contributed by atoms with van der Waals surface area (Å²) in [5.41, 5.74) is 0. The van der Waals surface area contributed by atoms with Crippen molar-refractivity contribution in [1.82, 2.24) is 36.2 Å². The number of halogens is 5. The lowest BCUT2D eigenvalue weighted by Gasteiger charge is -2.55. The molecule has 2 unspecified atom stereocenters. The van der Waals surface area contributed by atoms with E-state index in [1.54, 1.807) is 0 Å². The van der Waals surface area contributed by atoms with E-state index in [-0.39, 0.29) is 61.7 Å². The average molecular weight is 706 g/mol. The molecular formula is C27H50Cl5N11. The number of rotatable bonds is 2. The third-order valence-corrected chi connectivity index (χ3v) is 12.0. The van der Waals surface area contributed by atoms with Gasteiger partial charge in [0, 0.05) is 39.3 Å². The van der Waals surface area contributed by atoms with Gasteiger partial charge in [0.15, 0.2) is 23.7 Å². The molecule has 0 saturated carbocycles. The van der Waals surface area contributed by atoms with Gasteiger partial charge in [-0.2, -0.15) is 9.97 Å². The number of nitrogens with zero attached hydrogens (tertiary/aromatic N) is 7. The van der Waals surface area contributed by atoms with Gasteiger partial charge in [-0.05, 0) is 11.6 Å². The molecular weight excluding hydrogens is 656 g/mol. The van der Waals surface area contributed by atoms with E-state index in [9.17, 15) is 0 Å². The highest BCUT2D eigenvalue weighted by molar-refractivity contribution is 6.28. The molecule has 0 aliphatic carbocycles. The monoisotopic (exact) mass is 703 g/mol. The second kappa shape index (κ2) is 15.4. The maximum absolute atomic E-state index is 6.74. The zero-order valence-corrected chi connectivity index (χ0v) is 29.0. The fraction of sp³-hybridized carbons (Fsp3) is 0.889. The van der Waals surface area contributed by atoms with Gasteiger partial charge in [-0.25, -0.2) is 4.98 Å². The molecule has 1 aromatic heterocycles. The lowest BCUT2D eigenvalue weighted by molar-refractivity contribution is -1.05. The van der Waals surface area contributed by atoms with Gasteiger partial charge in [0.2, 0.25) is 5.28 Å². The lowest BCUT2D eigenvalue weighted by Crippen LogP contribution is -3.00. The Hall–Kier alpha value is 0.140. The average Bonchev–Trinajstić information content (AvgIpc) is 2.98. The van der Waals surface area contributed by atoms with E-state index in [1.807, 2.05) is 0 Å². The zero-order chi connectivity index (χ0) is 26.4. The number of hydrogen-bond donors (Lipinski definition) is 4. The maximum Gasteiger partial charge on any atom is 0.226 e. The summed E-state index contributed by atoms with van der Waals surface area (Å²) in [7, 11) is 0. The van der Waals surface area contributed by atoms with Crippen LogP contribution < -0.4 is 70.9 Å². The Morgan fingerprint density at radius 2 is 0.791 bits per heavy atom. The molecule has 11 nitrogen and oxygen atoms in total. The van der Waals surface area contributed by atoms with E-state index >= 15 is 0 Å². The topological polar surface area (TPSA) is 86.8 Å². The molecule has 6 saturated heterocycles. The van der Waals surface area contributed by atoms with Crippen LogP contribution in [0, 0.1) is 0 Å². The molecule has 6 aliphatic rings. The van der Waals surface area contributed by atoms with Gasteiger partial charge in [-0.1, -0.05) is 0 Å². The van der Waals surface area contributed by atoms with E-state index < -0.39 is 0 Å². The standard InChI is InChI=1S/C27H50ClN11.4ClH/c28-27-34-25(23-21-31-5-11-38(23)17-13-36(14-18-38)7-1-29-2-8-36)33-26(35-27)24-22-32-6-12-39(24)19-15-37(16-20-39)9-3-30-4-10-37;;;;/h23-24,29-32H,1-22H2;4*1H/q+4;;;;/p-4. The lowest BCUT2D eigenvalue weighted by atomic mass is 10.0. The summed E-state index contributed by atoms with van der Waals surface area (Å²) < 4.78 is 4.80. The minimum Gasteiger partial charge on any atom is -1.00 e. The first kappa shape index (κ1) is 37.6. The van der Waals surface area contributed by atoms with Crippen LogP contribution in [0.2, 0.25) is 5.28 Å². The van der Waals surface area contributed by atoms with Crippen LogP contribution in [0.15, 0.2) is 0 Å². The van der Waals surface area contributed by atoms with Crippen molar-refractivity contribution >= 4 is 11.6 Å². The maximum atomic E-state index is 6.74. The van der Waals surface area contributed by atoms with Crippen LogP contribution in [-0.4, -0.2) is 177 Å². The molecule has 0 bridgehead atoms. The third-order valence-electron chi connectivity index (χ3n) is 11.8. The van der Waals surface area contributed by atoms with Crippen molar-refractivity contribution in [1.29, 1.82) is 0 Å². The Morgan fingerprint density at radius 3 is 1.16 bits per heavy atom. The Kier molecular flexibility index (Phi) is 13.4. The van der Waals surface area contributed by atoms with Crippen molar-refractivity contribution < 1.29 is 67.6 Å². The van der Waals surface area contributed by atoms with Crippen LogP contribution in [0.1, 0.15) is 23.7 Å². The molecule has 43 heavy (non-hydrogen) atoms. The summed E-state index contributed by atoms with van der Waals surface area (Å²) in [6, 6.07) is 0.504. The molecule has 6 aliphatic heterocycles. The highest BCUT2D eigenvalue weighted by atomic mass is 35.5. The van der Waals surface area contributed by atoms with Crippen LogP contribution in [0.25, 0.3) is 0 Å². The minimum atomic E-state index is 0. The van der Waals surface area contributed by atoms with E-state index in [4.69, 9.17) is 26.6 Å². The number of aromatic nitrogens is 3. The molecule has 16 heteroatoms. The van der Waals surface area contributed by atoms with Crippen molar-refractivity contribution in [3.8, 4) is 0 Å². The second-order valence-electron chi connectivity index (χ2n) is 13.5. The van der Waals surface area contributed by atoms with Crippen LogP contribution in [0.4, 0.5) is 0 Å². The fourth-order valence-corrected chi connectivity index (χ4v) is 9.10. The molecule has 7 rings (SSSR count). The molecule has 6 fully saturated rings. The normalized spacial score (nSPS) is 30.3. The number of hydrogen-bond acceptors (Lipinski definition) is 7. The van der Waals surface area contributed by atoms with Crippen LogP contribution >= 0.6 is 11.6 Å². The molecule has 4 spiro atoms. The zero-order valence-electron chi connectivity index (χ0n) is 25.2. The summed E-state index contributed by atoms with van der Waals surface area (Å²) in [5, 5.41) is 14.9. The van der Waals surface area contributed by atoms with Crippen LogP contribution in [-0.2, 0) is 0 Å². The molecule has 1 aromatic rings. The third kappa shape index (κ3) is 7.35. The predicted octanol–water partition coefficient (Wildman–Crippen LogP) is -13.7. The predicted molar refractivity (Wildman–Crippen MR) is 151 cm³/mol. The van der Waals surface area contributed by atoms with Crippen molar-refractivity contribution in [2.45, 2.75) is 12.1 Å². The quantitative estimate of drug-likeness (QED) is 0.228. The van der Waals surface area contributed by atoms with Gasteiger partial charge in [0.05, 0.1) is 52.4 Å². The molecule has 7 heterocycles. The van der Waals surface area contributed by atoms with Gasteiger partial charge >= 0.3 is 0 Å². The van der Waals surface area contributed by atoms with Crippen molar-refractivity contribution in [3.63, 3.8) is 0 Å². The SMILES string of the molecule is Clc1nc(C2CNCC[N+]23CC[N+]2(CCNCC2)CC3)nc(C2CNCC[N+]23CC[N+]2(CCNCC2)CC3)n1.[Cl-].[Cl-].[Cl-].[Cl-]. The molecule has 2 atom stereocenters. The minimum absolute atomic E-state index is 0. The first-order chi connectivity index (χ1) is 19.0. The summed E-state index contributed by atoms with van der Waals surface area (Å²) in [6.07, 6.45) is 0. The molecule has 0 amide bonds. The first-order valence-electron chi connectivity index (χ1n) is 15.7. The van der Waals surface area contributed by atoms with Gasteiger partial charge in [-0.15, -0.1) is 0 Å².